The molecule has 0 spiro atoms. The number of hydrogen-bond acceptors (Lipinski definition) is 3. The van der Waals surface area contributed by atoms with Gasteiger partial charge in [-0.15, -0.1) is 0 Å². The lowest BCUT2D eigenvalue weighted by Gasteiger charge is -2.62. The molecule has 192 valence electrons. The largest absolute Gasteiger partial charge is 0.417 e. The topological polar surface area (TPSA) is 49.7 Å². The van der Waals surface area contributed by atoms with Crippen molar-refractivity contribution < 1.29 is 36.9 Å². The first-order valence-corrected chi connectivity index (χ1v) is 12.6. The molecule has 2 N–H and O–H groups in total. The van der Waals surface area contributed by atoms with Gasteiger partial charge in [0.05, 0.1) is 12.7 Å². The zero-order valence-electron chi connectivity index (χ0n) is 19.9. The molecule has 33 heavy (non-hydrogen) atoms. The van der Waals surface area contributed by atoms with Crippen molar-refractivity contribution in [3.8, 4) is 0 Å². The average Bonchev–Trinajstić information content (AvgIpc) is 3.08. The number of hydrogen-bond donors (Lipinski definition) is 2. The van der Waals surface area contributed by atoms with Gasteiger partial charge in [0.25, 0.3) is 0 Å². The summed E-state index contributed by atoms with van der Waals surface area (Å²) in [5.74, 6) is 1.17. The molecule has 3 nitrogen and oxygen atoms in total. The van der Waals surface area contributed by atoms with Crippen molar-refractivity contribution in [3.63, 3.8) is 0 Å². The second kappa shape index (κ2) is 8.58. The quantitative estimate of drug-likeness (QED) is 0.461. The summed E-state index contributed by atoms with van der Waals surface area (Å²) in [5.41, 5.74) is -2.75. The molecule has 4 fully saturated rings. The van der Waals surface area contributed by atoms with Gasteiger partial charge < -0.3 is 14.9 Å². The molecular formula is C25H39F5O3. The van der Waals surface area contributed by atoms with Crippen molar-refractivity contribution in [2.24, 2.45) is 46.3 Å². The van der Waals surface area contributed by atoms with Crippen LogP contribution in [0.15, 0.2) is 0 Å². The smallest absolute Gasteiger partial charge is 0.390 e. The molecule has 4 rings (SSSR count). The van der Waals surface area contributed by atoms with Gasteiger partial charge in [-0.3, -0.25) is 0 Å². The average molecular weight is 483 g/mol. The molecule has 4 aliphatic rings. The maximum absolute atomic E-state index is 13.5. The van der Waals surface area contributed by atoms with Crippen LogP contribution in [0.3, 0.4) is 0 Å². The molecule has 8 heteroatoms. The lowest BCUT2D eigenvalue weighted by Crippen LogP contribution is -2.59. The number of halogens is 5. The number of aliphatic hydroxyl groups is 2. The Labute approximate surface area is 193 Å². The van der Waals surface area contributed by atoms with Gasteiger partial charge in [-0.25, -0.2) is 0 Å². The number of alkyl halides is 5. The van der Waals surface area contributed by atoms with Crippen molar-refractivity contribution in [1.29, 1.82) is 0 Å². The van der Waals surface area contributed by atoms with Crippen molar-refractivity contribution in [1.82, 2.24) is 0 Å². The van der Waals surface area contributed by atoms with Gasteiger partial charge in [0.1, 0.15) is 0 Å². The number of fused-ring (bicyclic) bond motifs is 5. The molecule has 4 aliphatic carbocycles. The van der Waals surface area contributed by atoms with E-state index in [1.807, 2.05) is 6.92 Å². The summed E-state index contributed by atoms with van der Waals surface area (Å²) in [7, 11) is 0. The van der Waals surface area contributed by atoms with E-state index in [9.17, 15) is 32.2 Å². The predicted molar refractivity (Wildman–Crippen MR) is 113 cm³/mol. The molecule has 0 heterocycles. The van der Waals surface area contributed by atoms with Crippen molar-refractivity contribution in [2.45, 2.75) is 103 Å². The Balaban J connectivity index is 1.49. The highest BCUT2D eigenvalue weighted by atomic mass is 19.4. The fourth-order valence-electron chi connectivity index (χ4n) is 9.00. The second-order valence-corrected chi connectivity index (χ2v) is 12.1. The molecule has 0 aromatic rings. The molecule has 0 bridgehead atoms. The van der Waals surface area contributed by atoms with E-state index >= 15 is 0 Å². The molecule has 0 amide bonds. The summed E-state index contributed by atoms with van der Waals surface area (Å²) >= 11 is 0. The summed E-state index contributed by atoms with van der Waals surface area (Å²) < 4.78 is 69.8. The fraction of sp³-hybridized carbons (Fsp3) is 1.00. The lowest BCUT2D eigenvalue weighted by atomic mass is 9.43. The van der Waals surface area contributed by atoms with Gasteiger partial charge >= 0.3 is 12.8 Å². The summed E-state index contributed by atoms with van der Waals surface area (Å²) in [6.07, 6.45) is -0.0765. The summed E-state index contributed by atoms with van der Waals surface area (Å²) in [4.78, 5) is 0. The Hall–Kier alpha value is -0.470. The van der Waals surface area contributed by atoms with Gasteiger partial charge in [-0.1, -0.05) is 20.8 Å². The highest BCUT2D eigenvalue weighted by Gasteiger charge is 2.65. The number of ether oxygens (including phenoxy) is 1. The summed E-state index contributed by atoms with van der Waals surface area (Å²) in [6, 6.07) is 0. The van der Waals surface area contributed by atoms with Crippen LogP contribution in [0.4, 0.5) is 22.0 Å². The predicted octanol–water partition coefficient (Wildman–Crippen LogP) is 6.17. The minimum atomic E-state index is -4.58. The first-order chi connectivity index (χ1) is 15.2. The van der Waals surface area contributed by atoms with Crippen molar-refractivity contribution in [2.75, 3.05) is 6.61 Å². The molecule has 0 aliphatic heterocycles. The normalized spacial score (nSPS) is 47.5. The molecule has 0 aromatic heterocycles. The maximum atomic E-state index is 13.5. The Morgan fingerprint density at radius 1 is 0.939 bits per heavy atom. The van der Waals surface area contributed by atoms with Crippen LogP contribution in [0, 0.1) is 46.3 Å². The summed E-state index contributed by atoms with van der Waals surface area (Å²) in [5, 5.41) is 20.9. The van der Waals surface area contributed by atoms with Crippen molar-refractivity contribution >= 4 is 0 Å². The van der Waals surface area contributed by atoms with E-state index in [-0.39, 0.29) is 48.0 Å². The fourth-order valence-corrected chi connectivity index (χ4v) is 9.00. The first kappa shape index (κ1) is 25.6. The molecule has 0 unspecified atom stereocenters. The minimum absolute atomic E-state index is 0.00301. The highest BCUT2D eigenvalue weighted by molar-refractivity contribution is 5.12. The van der Waals surface area contributed by atoms with Gasteiger partial charge in [-0.05, 0) is 104 Å². The monoisotopic (exact) mass is 482 g/mol. The molecule has 4 saturated carbocycles. The Bertz CT molecular complexity index is 717. The Morgan fingerprint density at radius 2 is 1.61 bits per heavy atom. The van der Waals surface area contributed by atoms with Crippen LogP contribution in [-0.2, 0) is 4.74 Å². The zero-order valence-corrected chi connectivity index (χ0v) is 19.9. The van der Waals surface area contributed by atoms with Crippen LogP contribution >= 0.6 is 0 Å². The standard InChI is InChI=1S/C25H39F5O3/c1-14(20(31)13-33-21(26)27)17-6-7-18-16-5-4-15-12-24(32,25(28,29)30)11-10-22(15,2)19(16)8-9-23(17,18)3/h14-21,31-32H,4-13H2,1-3H3/t14-,15+,16-,17+,18-,19-,20+,22-,23+,24+/m0/s1. The van der Waals surface area contributed by atoms with Crippen LogP contribution < -0.4 is 0 Å². The highest BCUT2D eigenvalue weighted by Crippen LogP contribution is 2.69. The summed E-state index contributed by atoms with van der Waals surface area (Å²) in [6.45, 7) is 3.11. The third kappa shape index (κ3) is 4.14. The van der Waals surface area contributed by atoms with E-state index < -0.39 is 24.5 Å². The molecule has 10 atom stereocenters. The van der Waals surface area contributed by atoms with E-state index in [2.05, 4.69) is 18.6 Å². The number of rotatable bonds is 5. The van der Waals surface area contributed by atoms with Gasteiger partial charge in [0.15, 0.2) is 5.60 Å². The van der Waals surface area contributed by atoms with Crippen LogP contribution in [0.2, 0.25) is 0 Å². The van der Waals surface area contributed by atoms with E-state index in [1.54, 1.807) is 0 Å². The molecular weight excluding hydrogens is 443 g/mol. The van der Waals surface area contributed by atoms with E-state index in [0.717, 1.165) is 32.1 Å². The maximum Gasteiger partial charge on any atom is 0.417 e. The lowest BCUT2D eigenvalue weighted by molar-refractivity contribution is -0.290. The van der Waals surface area contributed by atoms with E-state index in [0.29, 0.717) is 30.6 Å². The SMILES string of the molecule is C[C@H]([C@H](O)COC(F)F)[C@H]1CC[C@H]2[C@@H]3CC[C@@H]4C[C@@](O)(C(F)(F)F)CC[C@]4(C)[C@H]3CC[C@]12C. The van der Waals surface area contributed by atoms with Crippen LogP contribution in [0.25, 0.3) is 0 Å². The Kier molecular flexibility index (Phi) is 6.66. The third-order valence-corrected chi connectivity index (χ3v) is 11.0. The minimum Gasteiger partial charge on any atom is -0.390 e. The van der Waals surface area contributed by atoms with Gasteiger partial charge in [0.2, 0.25) is 0 Å². The van der Waals surface area contributed by atoms with Crippen LogP contribution in [0.5, 0.6) is 0 Å². The van der Waals surface area contributed by atoms with Gasteiger partial charge in [0, 0.05) is 0 Å². The molecule has 0 saturated heterocycles. The zero-order chi connectivity index (χ0) is 24.4. The molecule has 0 radical (unpaired) electrons. The van der Waals surface area contributed by atoms with E-state index in [1.165, 1.54) is 0 Å². The number of aliphatic hydroxyl groups excluding tert-OH is 1. The van der Waals surface area contributed by atoms with Crippen LogP contribution in [-0.4, -0.2) is 41.3 Å². The van der Waals surface area contributed by atoms with Crippen molar-refractivity contribution in [3.05, 3.63) is 0 Å². The van der Waals surface area contributed by atoms with Crippen LogP contribution in [0.1, 0.15) is 78.6 Å². The third-order valence-electron chi connectivity index (χ3n) is 11.0. The first-order valence-electron chi connectivity index (χ1n) is 12.6. The van der Waals surface area contributed by atoms with Gasteiger partial charge in [-0.2, -0.15) is 22.0 Å². The second-order valence-electron chi connectivity index (χ2n) is 12.1. The van der Waals surface area contributed by atoms with E-state index in [4.69, 9.17) is 0 Å². The molecule has 0 aromatic carbocycles. The Morgan fingerprint density at radius 3 is 2.24 bits per heavy atom.